The summed E-state index contributed by atoms with van der Waals surface area (Å²) in [4.78, 5) is 21.4. The summed E-state index contributed by atoms with van der Waals surface area (Å²) in [7, 11) is 0. The van der Waals surface area contributed by atoms with E-state index in [1.165, 1.54) is 24.3 Å². The van der Waals surface area contributed by atoms with E-state index in [1.807, 2.05) is 44.0 Å². The summed E-state index contributed by atoms with van der Waals surface area (Å²) in [6.45, 7) is 5.88. The number of anilines is 2. The van der Waals surface area contributed by atoms with Crippen LogP contribution in [0, 0.1) is 32.4 Å². The normalized spacial score (nSPS) is 14.9. The third-order valence-electron chi connectivity index (χ3n) is 7.58. The van der Waals surface area contributed by atoms with Gasteiger partial charge in [0.1, 0.15) is 23.0 Å². The zero-order valence-electron chi connectivity index (χ0n) is 21.6. The first kappa shape index (κ1) is 23.7. The Kier molecular flexibility index (Phi) is 5.03. The van der Waals surface area contributed by atoms with E-state index in [0.717, 1.165) is 52.6 Å². The molecule has 1 aliphatic carbocycles. The van der Waals surface area contributed by atoms with Gasteiger partial charge in [0.05, 0.1) is 27.9 Å². The maximum absolute atomic E-state index is 16.1. The van der Waals surface area contributed by atoms with Crippen LogP contribution in [0.2, 0.25) is 0 Å². The smallest absolute Gasteiger partial charge is 0.154 e. The number of hydrogen-bond donors (Lipinski definition) is 1. The van der Waals surface area contributed by atoms with E-state index in [9.17, 15) is 9.18 Å². The SMILES string of the molecule is Cc1cc(C)nc(C2(NN3c4cc(C)c(-c5ccc6oc(-c7ccc(F)cc7)c(C=O)c6c5F)cc43)CC2)n1. The van der Waals surface area contributed by atoms with Crippen molar-refractivity contribution in [3.05, 3.63) is 94.6 Å². The molecule has 3 aromatic carbocycles. The predicted molar refractivity (Wildman–Crippen MR) is 145 cm³/mol. The maximum atomic E-state index is 16.1. The molecule has 0 bridgehead atoms. The fourth-order valence-corrected chi connectivity index (χ4v) is 5.39. The number of furan rings is 1. The van der Waals surface area contributed by atoms with Crippen molar-refractivity contribution in [2.75, 3.05) is 5.01 Å². The van der Waals surface area contributed by atoms with Gasteiger partial charge in [-0.1, -0.05) is 0 Å². The number of hydrogen-bond acceptors (Lipinski definition) is 6. The van der Waals surface area contributed by atoms with Crippen molar-refractivity contribution in [1.82, 2.24) is 15.4 Å². The number of rotatable bonds is 6. The van der Waals surface area contributed by atoms with Crippen LogP contribution in [0.15, 0.2) is 59.0 Å². The van der Waals surface area contributed by atoms with Crippen molar-refractivity contribution in [2.45, 2.75) is 39.2 Å². The van der Waals surface area contributed by atoms with E-state index in [-0.39, 0.29) is 27.8 Å². The molecule has 2 aromatic heterocycles. The van der Waals surface area contributed by atoms with Gasteiger partial charge in [0, 0.05) is 22.5 Å². The second-order valence-corrected chi connectivity index (χ2v) is 10.4. The third-order valence-corrected chi connectivity index (χ3v) is 7.58. The van der Waals surface area contributed by atoms with Crippen molar-refractivity contribution in [1.29, 1.82) is 0 Å². The Labute approximate surface area is 223 Å². The average molecular weight is 523 g/mol. The summed E-state index contributed by atoms with van der Waals surface area (Å²) in [5, 5.41) is 2.13. The summed E-state index contributed by atoms with van der Waals surface area (Å²) in [5.41, 5.74) is 10.0. The monoisotopic (exact) mass is 522 g/mol. The van der Waals surface area contributed by atoms with E-state index in [2.05, 4.69) is 15.4 Å². The van der Waals surface area contributed by atoms with E-state index >= 15 is 4.39 Å². The van der Waals surface area contributed by atoms with Gasteiger partial charge in [-0.15, -0.1) is 0 Å². The van der Waals surface area contributed by atoms with Gasteiger partial charge in [0.25, 0.3) is 0 Å². The second kappa shape index (κ2) is 8.28. The van der Waals surface area contributed by atoms with Gasteiger partial charge in [-0.05, 0) is 99.3 Å². The van der Waals surface area contributed by atoms with Crippen LogP contribution in [-0.4, -0.2) is 16.3 Å². The number of halogens is 2. The number of aryl methyl sites for hydroxylation is 3. The Morgan fingerprint density at radius 3 is 2.28 bits per heavy atom. The highest BCUT2D eigenvalue weighted by Crippen LogP contribution is 2.54. The highest BCUT2D eigenvalue weighted by Gasteiger charge is 2.51. The molecule has 1 aliphatic heterocycles. The third kappa shape index (κ3) is 3.74. The Morgan fingerprint density at radius 2 is 1.62 bits per heavy atom. The molecule has 0 saturated heterocycles. The van der Waals surface area contributed by atoms with E-state index in [4.69, 9.17) is 4.42 Å². The molecule has 0 spiro atoms. The molecule has 0 atom stereocenters. The van der Waals surface area contributed by atoms with Crippen LogP contribution in [0.25, 0.3) is 33.4 Å². The highest BCUT2D eigenvalue weighted by atomic mass is 19.1. The van der Waals surface area contributed by atoms with Crippen molar-refractivity contribution >= 4 is 28.6 Å². The second-order valence-electron chi connectivity index (χ2n) is 10.4. The number of carbonyl (C=O) groups is 1. The number of fused-ring (bicyclic) bond motifs is 2. The Bertz CT molecular complexity index is 1800. The minimum absolute atomic E-state index is 0.104. The Balaban J connectivity index is 1.25. The van der Waals surface area contributed by atoms with Crippen molar-refractivity contribution in [2.24, 2.45) is 0 Å². The summed E-state index contributed by atoms with van der Waals surface area (Å²) in [6, 6.07) is 14.9. The molecule has 0 radical (unpaired) electrons. The summed E-state index contributed by atoms with van der Waals surface area (Å²) in [5.74, 6) is 0.0718. The fourth-order valence-electron chi connectivity index (χ4n) is 5.39. The molecule has 0 amide bonds. The highest BCUT2D eigenvalue weighted by molar-refractivity contribution is 6.05. The van der Waals surface area contributed by atoms with Gasteiger partial charge >= 0.3 is 0 Å². The van der Waals surface area contributed by atoms with Gasteiger partial charge in [0.15, 0.2) is 12.1 Å². The molecule has 7 rings (SSSR count). The van der Waals surface area contributed by atoms with Gasteiger partial charge in [-0.2, -0.15) is 0 Å². The van der Waals surface area contributed by atoms with Gasteiger partial charge in [-0.3, -0.25) is 9.80 Å². The fraction of sp³-hybridized carbons (Fsp3) is 0.194. The lowest BCUT2D eigenvalue weighted by Crippen LogP contribution is -2.37. The van der Waals surface area contributed by atoms with E-state index in [0.29, 0.717) is 17.4 Å². The average Bonchev–Trinajstić information content (AvgIpc) is 3.79. The quantitative estimate of drug-likeness (QED) is 0.188. The van der Waals surface area contributed by atoms with Crippen LogP contribution in [-0.2, 0) is 5.54 Å². The molecule has 2 aliphatic rings. The predicted octanol–water partition coefficient (Wildman–Crippen LogP) is 7.22. The molecule has 0 unspecified atom stereocenters. The van der Waals surface area contributed by atoms with Crippen LogP contribution in [0.5, 0.6) is 0 Å². The summed E-state index contributed by atoms with van der Waals surface area (Å²) >= 11 is 0. The first-order valence-corrected chi connectivity index (χ1v) is 12.8. The van der Waals surface area contributed by atoms with Crippen LogP contribution >= 0.6 is 0 Å². The van der Waals surface area contributed by atoms with Gasteiger partial charge in [-0.25, -0.2) is 24.2 Å². The Hall–Kier alpha value is -4.43. The number of nitrogens with one attached hydrogen (secondary N) is 1. The zero-order valence-corrected chi connectivity index (χ0v) is 21.6. The lowest BCUT2D eigenvalue weighted by Gasteiger charge is -2.18. The summed E-state index contributed by atoms with van der Waals surface area (Å²) < 4.78 is 35.4. The number of nitrogens with zero attached hydrogens (tertiary/aromatic N) is 3. The Morgan fingerprint density at radius 1 is 0.923 bits per heavy atom. The minimum Gasteiger partial charge on any atom is -0.455 e. The molecule has 8 heteroatoms. The summed E-state index contributed by atoms with van der Waals surface area (Å²) in [6.07, 6.45) is 2.46. The van der Waals surface area contributed by atoms with Crippen molar-refractivity contribution in [3.63, 3.8) is 0 Å². The molecular weight excluding hydrogens is 498 g/mol. The molecule has 1 fully saturated rings. The van der Waals surface area contributed by atoms with Crippen molar-refractivity contribution < 1.29 is 18.0 Å². The van der Waals surface area contributed by atoms with Gasteiger partial charge < -0.3 is 4.42 Å². The lowest BCUT2D eigenvalue weighted by atomic mass is 9.97. The molecule has 39 heavy (non-hydrogen) atoms. The standard InChI is InChI=1S/C31H24F2N4O2/c1-16-12-24-25(37(24)36-31(10-11-31)30-34-17(2)13-18(3)35-30)14-22(16)21-8-9-26-27(28(21)33)23(15-38)29(39-26)19-4-6-20(32)7-5-19/h4-9,12-15,36H,10-11H2,1-3H3. The topological polar surface area (TPSA) is 71.0 Å². The van der Waals surface area contributed by atoms with Crippen LogP contribution < -0.4 is 10.4 Å². The van der Waals surface area contributed by atoms with Crippen LogP contribution in [0.3, 0.4) is 0 Å². The van der Waals surface area contributed by atoms with Crippen LogP contribution in [0.1, 0.15) is 46.0 Å². The number of benzene rings is 3. The van der Waals surface area contributed by atoms with Gasteiger partial charge in [0.2, 0.25) is 0 Å². The number of hydrazine groups is 1. The number of aromatic nitrogens is 2. The largest absolute Gasteiger partial charge is 0.455 e. The van der Waals surface area contributed by atoms with Crippen LogP contribution in [0.4, 0.5) is 20.2 Å². The molecule has 194 valence electrons. The zero-order chi connectivity index (χ0) is 27.1. The minimum atomic E-state index is -0.530. The molecule has 5 aromatic rings. The molecule has 1 saturated carbocycles. The number of aldehydes is 1. The van der Waals surface area contributed by atoms with Crippen molar-refractivity contribution in [3.8, 4) is 22.5 Å². The molecule has 6 nitrogen and oxygen atoms in total. The lowest BCUT2D eigenvalue weighted by molar-refractivity contribution is 0.112. The first-order valence-electron chi connectivity index (χ1n) is 12.8. The molecule has 1 N–H and O–H groups in total. The molecular formula is C31H24F2N4O2. The molecule has 3 heterocycles. The van der Waals surface area contributed by atoms with E-state index < -0.39 is 11.6 Å². The van der Waals surface area contributed by atoms with E-state index in [1.54, 1.807) is 12.1 Å². The maximum Gasteiger partial charge on any atom is 0.154 e. The first-order chi connectivity index (χ1) is 18.8. The number of carbonyl (C=O) groups excluding carboxylic acids is 1.